The summed E-state index contributed by atoms with van der Waals surface area (Å²) in [6.45, 7) is 2.16. The molecule has 2 N–H and O–H groups in total. The summed E-state index contributed by atoms with van der Waals surface area (Å²) in [6, 6.07) is 7.36. The Morgan fingerprint density at radius 2 is 2.00 bits per heavy atom. The zero-order valence-electron chi connectivity index (χ0n) is 12.6. The maximum atomic E-state index is 12.2. The number of hydrogen-bond donors (Lipinski definition) is 2. The smallest absolute Gasteiger partial charge is 0.321 e. The molecule has 0 aliphatic heterocycles. The molecule has 1 aliphatic carbocycles. The monoisotopic (exact) mass is 290 g/mol. The normalized spacial score (nSPS) is 16.5. The molecule has 21 heavy (non-hydrogen) atoms. The van der Waals surface area contributed by atoms with Crippen molar-refractivity contribution in [3.63, 3.8) is 0 Å². The summed E-state index contributed by atoms with van der Waals surface area (Å²) < 4.78 is 0. The highest BCUT2D eigenvalue weighted by molar-refractivity contribution is 5.91. The summed E-state index contributed by atoms with van der Waals surface area (Å²) in [4.78, 5) is 25.2. The second-order valence-electron chi connectivity index (χ2n) is 5.85. The van der Waals surface area contributed by atoms with Gasteiger partial charge in [0, 0.05) is 19.3 Å². The van der Waals surface area contributed by atoms with Gasteiger partial charge in [0.05, 0.1) is 5.41 Å². The van der Waals surface area contributed by atoms with Crippen LogP contribution >= 0.6 is 0 Å². The molecule has 0 radical (unpaired) electrons. The van der Waals surface area contributed by atoms with Gasteiger partial charge in [0.25, 0.3) is 0 Å². The van der Waals surface area contributed by atoms with Gasteiger partial charge >= 0.3 is 12.0 Å². The summed E-state index contributed by atoms with van der Waals surface area (Å²) in [5.74, 6) is -0.807. The topological polar surface area (TPSA) is 69.6 Å². The van der Waals surface area contributed by atoms with E-state index in [1.54, 1.807) is 7.05 Å². The lowest BCUT2D eigenvalue weighted by atomic mass is 9.86. The van der Waals surface area contributed by atoms with Crippen molar-refractivity contribution in [3.8, 4) is 0 Å². The predicted octanol–water partition coefficient (Wildman–Crippen LogP) is 2.79. The lowest BCUT2D eigenvalue weighted by molar-refractivity contribution is -0.148. The van der Waals surface area contributed by atoms with Gasteiger partial charge < -0.3 is 10.4 Å². The van der Waals surface area contributed by atoms with Crippen molar-refractivity contribution >= 4 is 17.7 Å². The molecule has 1 saturated carbocycles. The number of aryl methyl sites for hydroxylation is 1. The molecule has 0 atom stereocenters. The highest BCUT2D eigenvalue weighted by Crippen LogP contribution is 2.37. The third kappa shape index (κ3) is 3.35. The van der Waals surface area contributed by atoms with Gasteiger partial charge in [-0.05, 0) is 37.5 Å². The number of anilines is 1. The Hall–Kier alpha value is -2.04. The van der Waals surface area contributed by atoms with Crippen molar-refractivity contribution in [2.24, 2.45) is 5.41 Å². The van der Waals surface area contributed by atoms with Gasteiger partial charge in [-0.3, -0.25) is 9.69 Å². The molecule has 0 spiro atoms. The van der Waals surface area contributed by atoms with Gasteiger partial charge in [-0.1, -0.05) is 25.0 Å². The highest BCUT2D eigenvalue weighted by atomic mass is 16.4. The third-order valence-electron chi connectivity index (χ3n) is 4.29. The van der Waals surface area contributed by atoms with Crippen molar-refractivity contribution < 1.29 is 14.7 Å². The van der Waals surface area contributed by atoms with E-state index >= 15 is 0 Å². The lowest BCUT2D eigenvalue weighted by Crippen LogP contribution is -2.45. The molecule has 0 unspecified atom stereocenters. The van der Waals surface area contributed by atoms with Crippen LogP contribution in [-0.2, 0) is 4.79 Å². The van der Waals surface area contributed by atoms with Crippen LogP contribution in [0.2, 0.25) is 0 Å². The number of rotatable bonds is 4. The molecule has 0 aromatic heterocycles. The number of nitrogens with zero attached hydrogens (tertiary/aromatic N) is 1. The average molecular weight is 290 g/mol. The van der Waals surface area contributed by atoms with Gasteiger partial charge in [0.1, 0.15) is 0 Å². The van der Waals surface area contributed by atoms with E-state index in [-0.39, 0.29) is 12.6 Å². The van der Waals surface area contributed by atoms with Crippen LogP contribution in [0.3, 0.4) is 0 Å². The molecule has 5 nitrogen and oxygen atoms in total. The number of carbonyl (C=O) groups is 2. The number of hydrogen-bond acceptors (Lipinski definition) is 2. The van der Waals surface area contributed by atoms with Crippen LogP contribution in [0.4, 0.5) is 10.5 Å². The fraction of sp³-hybridized carbons (Fsp3) is 0.500. The van der Waals surface area contributed by atoms with E-state index in [0.717, 1.165) is 24.1 Å². The second kappa shape index (κ2) is 6.16. The van der Waals surface area contributed by atoms with Crippen LogP contribution in [0.25, 0.3) is 0 Å². The van der Waals surface area contributed by atoms with E-state index < -0.39 is 11.4 Å². The minimum absolute atomic E-state index is 0.192. The maximum Gasteiger partial charge on any atom is 0.321 e. The van der Waals surface area contributed by atoms with Gasteiger partial charge in [0.2, 0.25) is 0 Å². The molecule has 2 amide bonds. The van der Waals surface area contributed by atoms with E-state index in [2.05, 4.69) is 5.32 Å². The van der Waals surface area contributed by atoms with E-state index in [4.69, 9.17) is 0 Å². The number of carbonyl (C=O) groups excluding carboxylic acids is 1. The maximum absolute atomic E-state index is 12.2. The molecular weight excluding hydrogens is 268 g/mol. The summed E-state index contributed by atoms with van der Waals surface area (Å²) in [5, 5.41) is 12.2. The standard InChI is InChI=1S/C16H22N2O3/c1-12-6-5-7-13(10-12)18(2)15(21)17-11-16(14(19)20)8-3-4-9-16/h5-7,10H,3-4,8-9,11H2,1-2H3,(H,17,21)(H,19,20). The highest BCUT2D eigenvalue weighted by Gasteiger charge is 2.41. The SMILES string of the molecule is Cc1cccc(N(C)C(=O)NCC2(C(=O)O)CCCC2)c1. The number of carboxylic acids is 1. The molecule has 114 valence electrons. The van der Waals surface area contributed by atoms with E-state index in [1.807, 2.05) is 31.2 Å². The Morgan fingerprint density at radius 3 is 2.57 bits per heavy atom. The molecule has 1 fully saturated rings. The number of aliphatic carboxylic acids is 1. The largest absolute Gasteiger partial charge is 0.481 e. The van der Waals surface area contributed by atoms with Crippen LogP contribution in [0.1, 0.15) is 31.2 Å². The third-order valence-corrected chi connectivity index (χ3v) is 4.29. The zero-order valence-corrected chi connectivity index (χ0v) is 12.6. The molecule has 1 aliphatic rings. The van der Waals surface area contributed by atoms with E-state index in [0.29, 0.717) is 12.8 Å². The number of amides is 2. The minimum atomic E-state index is -0.807. The van der Waals surface area contributed by atoms with Crippen LogP contribution in [0.15, 0.2) is 24.3 Å². The fourth-order valence-corrected chi connectivity index (χ4v) is 2.84. The van der Waals surface area contributed by atoms with E-state index in [1.165, 1.54) is 4.90 Å². The summed E-state index contributed by atoms with van der Waals surface area (Å²) >= 11 is 0. The first-order valence-electron chi connectivity index (χ1n) is 7.26. The Balaban J connectivity index is 1.99. The summed E-state index contributed by atoms with van der Waals surface area (Å²) in [7, 11) is 1.69. The number of benzene rings is 1. The van der Waals surface area contributed by atoms with Crippen LogP contribution in [0.5, 0.6) is 0 Å². The minimum Gasteiger partial charge on any atom is -0.481 e. The molecule has 1 aromatic rings. The first kappa shape index (κ1) is 15.4. The molecule has 0 saturated heterocycles. The molecule has 1 aromatic carbocycles. The van der Waals surface area contributed by atoms with Crippen molar-refractivity contribution in [3.05, 3.63) is 29.8 Å². The molecular formula is C16H22N2O3. The van der Waals surface area contributed by atoms with Crippen LogP contribution < -0.4 is 10.2 Å². The first-order chi connectivity index (χ1) is 9.94. The Morgan fingerprint density at radius 1 is 1.33 bits per heavy atom. The predicted molar refractivity (Wildman–Crippen MR) is 81.5 cm³/mol. The average Bonchev–Trinajstić information content (AvgIpc) is 2.94. The Bertz CT molecular complexity index is 536. The Kier molecular flexibility index (Phi) is 4.50. The molecule has 2 rings (SSSR count). The number of carboxylic acid groups (broad SMARTS) is 1. The number of urea groups is 1. The first-order valence-corrected chi connectivity index (χ1v) is 7.26. The zero-order chi connectivity index (χ0) is 15.5. The second-order valence-corrected chi connectivity index (χ2v) is 5.85. The van der Waals surface area contributed by atoms with E-state index in [9.17, 15) is 14.7 Å². The van der Waals surface area contributed by atoms with Gasteiger partial charge in [-0.2, -0.15) is 0 Å². The van der Waals surface area contributed by atoms with Gasteiger partial charge in [0.15, 0.2) is 0 Å². The van der Waals surface area contributed by atoms with Crippen molar-refractivity contribution in [2.45, 2.75) is 32.6 Å². The fourth-order valence-electron chi connectivity index (χ4n) is 2.84. The van der Waals surface area contributed by atoms with Crippen molar-refractivity contribution in [2.75, 3.05) is 18.5 Å². The Labute approximate surface area is 125 Å². The summed E-state index contributed by atoms with van der Waals surface area (Å²) in [6.07, 6.45) is 3.10. The van der Waals surface area contributed by atoms with Crippen molar-refractivity contribution in [1.82, 2.24) is 5.32 Å². The quantitative estimate of drug-likeness (QED) is 0.896. The molecule has 0 heterocycles. The number of nitrogens with one attached hydrogen (secondary N) is 1. The lowest BCUT2D eigenvalue weighted by Gasteiger charge is -2.26. The van der Waals surface area contributed by atoms with Gasteiger partial charge in [-0.15, -0.1) is 0 Å². The molecule has 5 heteroatoms. The molecule has 0 bridgehead atoms. The van der Waals surface area contributed by atoms with Crippen molar-refractivity contribution in [1.29, 1.82) is 0 Å². The van der Waals surface area contributed by atoms with Crippen LogP contribution in [0, 0.1) is 12.3 Å². The van der Waals surface area contributed by atoms with Gasteiger partial charge in [-0.25, -0.2) is 4.79 Å². The van der Waals surface area contributed by atoms with Crippen LogP contribution in [-0.4, -0.2) is 30.7 Å². The summed E-state index contributed by atoms with van der Waals surface area (Å²) in [5.41, 5.74) is 1.08.